The molecule has 0 saturated heterocycles. The van der Waals surface area contributed by atoms with E-state index in [9.17, 15) is 29.4 Å². The quantitative estimate of drug-likeness (QED) is 0.262. The van der Waals surface area contributed by atoms with Crippen LogP contribution in [0.5, 0.6) is 0 Å². The van der Waals surface area contributed by atoms with Crippen molar-refractivity contribution in [1.82, 2.24) is 0 Å². The fraction of sp³-hybridized carbons (Fsp3) is 0.500. The molecular weight excluding hydrogens is 439 g/mol. The molecule has 0 aliphatic rings. The molecule has 140 valence electrons. The molecule has 9 heteroatoms. The third-order valence-corrected chi connectivity index (χ3v) is 1.61. The molecule has 8 nitrogen and oxygen atoms in total. The molecule has 25 heavy (non-hydrogen) atoms. The van der Waals surface area contributed by atoms with Gasteiger partial charge in [-0.25, -0.2) is 9.59 Å². The second-order valence-corrected chi connectivity index (χ2v) is 6.99. The Bertz CT molecular complexity index is 403. The molecule has 0 rings (SSSR count). The average molecular weight is 463 g/mol. The molecule has 0 aliphatic heterocycles. The van der Waals surface area contributed by atoms with Crippen LogP contribution in [0.15, 0.2) is 24.3 Å². The van der Waals surface area contributed by atoms with Gasteiger partial charge >= 0.3 is 43.0 Å². The summed E-state index contributed by atoms with van der Waals surface area (Å²) >= 11 is 0.230. The number of hydrogen-bond donors (Lipinski definition) is 0. The third-order valence-electron chi connectivity index (χ3n) is 1.61. The molecule has 0 amide bonds. The van der Waals surface area contributed by atoms with E-state index in [1.807, 2.05) is 13.8 Å². The molecule has 0 aliphatic carbocycles. The maximum absolute atomic E-state index is 10.5. The first-order chi connectivity index (χ1) is 11.7. The summed E-state index contributed by atoms with van der Waals surface area (Å²) in [6.07, 6.45) is 4.35. The molecule has 0 heterocycles. The van der Waals surface area contributed by atoms with Gasteiger partial charge in [-0.1, -0.05) is 13.8 Å². The van der Waals surface area contributed by atoms with Gasteiger partial charge in [-0.15, -0.1) is 0 Å². The summed E-state index contributed by atoms with van der Waals surface area (Å²) in [7, 11) is 0. The molecule has 0 atom stereocenters. The van der Waals surface area contributed by atoms with Crippen LogP contribution in [0.4, 0.5) is 0 Å². The molecule has 0 aromatic carbocycles. The van der Waals surface area contributed by atoms with Gasteiger partial charge in [-0.05, 0) is 25.0 Å². The van der Waals surface area contributed by atoms with E-state index < -0.39 is 23.9 Å². The number of carboxylic acid groups (broad SMARTS) is 2. The molecule has 0 saturated carbocycles. The zero-order chi connectivity index (χ0) is 20.1. The van der Waals surface area contributed by atoms with Crippen LogP contribution in [-0.4, -0.2) is 58.2 Å². The van der Waals surface area contributed by atoms with Gasteiger partial charge in [0.05, 0.1) is 25.2 Å². The minimum atomic E-state index is -1.40. The molecule has 0 bridgehead atoms. The van der Waals surface area contributed by atoms with Crippen LogP contribution in [0.25, 0.3) is 0 Å². The Hall–Kier alpha value is -1.84. The molecule has 0 radical (unpaired) electrons. The van der Waals surface area contributed by atoms with E-state index >= 15 is 0 Å². The van der Waals surface area contributed by atoms with Gasteiger partial charge in [0.2, 0.25) is 0 Å². The van der Waals surface area contributed by atoms with Crippen molar-refractivity contribution in [2.24, 2.45) is 0 Å². The van der Waals surface area contributed by atoms with E-state index in [4.69, 9.17) is 0 Å². The van der Waals surface area contributed by atoms with E-state index in [0.29, 0.717) is 38.2 Å². The first-order valence-corrected chi connectivity index (χ1v) is 13.2. The second-order valence-electron chi connectivity index (χ2n) is 4.14. The molecule has 0 spiro atoms. The standard InChI is InChI=1S/2C7H10O4.2CH3.Sn/c2*1-2-5-11-7(10)4-3-6(8)9;;;/h2*3-4H,2,5H2,1H3,(H,8,9);2*1H3;/q;;;;+2/p-2/b2*4-3-;;;. The maximum atomic E-state index is 10.5. The van der Waals surface area contributed by atoms with Crippen molar-refractivity contribution in [2.45, 2.75) is 36.6 Å². The molecule has 0 unspecified atom stereocenters. The van der Waals surface area contributed by atoms with E-state index in [1.54, 1.807) is 0 Å². The van der Waals surface area contributed by atoms with Gasteiger partial charge in [0.1, 0.15) is 0 Å². The summed E-state index contributed by atoms with van der Waals surface area (Å²) in [6, 6.07) is 0. The van der Waals surface area contributed by atoms with Crippen molar-refractivity contribution in [1.29, 1.82) is 0 Å². The normalized spacial score (nSPS) is 9.12. The van der Waals surface area contributed by atoms with Crippen LogP contribution in [0, 0.1) is 0 Å². The van der Waals surface area contributed by atoms with Crippen molar-refractivity contribution in [3.63, 3.8) is 0 Å². The number of rotatable bonds is 8. The zero-order valence-electron chi connectivity index (χ0n) is 14.9. The Morgan fingerprint density at radius 1 is 0.760 bits per heavy atom. The monoisotopic (exact) mass is 464 g/mol. The minimum absolute atomic E-state index is 0.230. The van der Waals surface area contributed by atoms with Crippen LogP contribution in [0.2, 0.25) is 9.88 Å². The van der Waals surface area contributed by atoms with Gasteiger partial charge < -0.3 is 29.3 Å². The van der Waals surface area contributed by atoms with Gasteiger partial charge in [-0.3, -0.25) is 0 Å². The van der Waals surface area contributed by atoms with E-state index in [1.165, 1.54) is 0 Å². The molecule has 0 N–H and O–H groups in total. The van der Waals surface area contributed by atoms with Crippen LogP contribution in [0.3, 0.4) is 0 Å². The summed E-state index contributed by atoms with van der Waals surface area (Å²) in [5.74, 6) is -4.12. The van der Waals surface area contributed by atoms with E-state index in [0.717, 1.165) is 12.2 Å². The summed E-state index contributed by atoms with van der Waals surface area (Å²) in [5.41, 5.74) is 0. The number of carbonyl (C=O) groups is 4. The van der Waals surface area contributed by atoms with Crippen LogP contribution in [0.1, 0.15) is 26.7 Å². The first-order valence-electron chi connectivity index (χ1n) is 7.45. The molecule has 0 aromatic rings. The fourth-order valence-electron chi connectivity index (χ4n) is 0.774. The Balaban J connectivity index is -0.000000334. The van der Waals surface area contributed by atoms with E-state index in [2.05, 4.69) is 19.4 Å². The predicted molar refractivity (Wildman–Crippen MR) is 88.3 cm³/mol. The number of aliphatic carboxylic acids is 2. The SMILES string of the molecule is CCCOC(=O)/C=C\C(=O)[O-].CCCOC(=O)/C=C\C(=O)[O-].[CH3][Sn+2][CH3]. The summed E-state index contributed by atoms with van der Waals surface area (Å²) in [4.78, 5) is 45.1. The second kappa shape index (κ2) is 22.2. The van der Waals surface area contributed by atoms with E-state index in [-0.39, 0.29) is 21.1 Å². The van der Waals surface area contributed by atoms with Crippen LogP contribution in [-0.2, 0) is 28.7 Å². The topological polar surface area (TPSA) is 133 Å². The molecule has 0 fully saturated rings. The molecular formula is C16H24O8Sn. The van der Waals surface area contributed by atoms with Crippen molar-refractivity contribution in [3.8, 4) is 0 Å². The Morgan fingerprint density at radius 3 is 1.24 bits per heavy atom. The summed E-state index contributed by atoms with van der Waals surface area (Å²) < 4.78 is 9.05. The number of hydrogen-bond acceptors (Lipinski definition) is 8. The Kier molecular flexibility index (Phi) is 24.8. The Morgan fingerprint density at radius 2 is 1.04 bits per heavy atom. The number of ether oxygens (including phenoxy) is 2. The van der Waals surface area contributed by atoms with Crippen molar-refractivity contribution < 1.29 is 38.9 Å². The first kappa shape index (κ1) is 28.0. The number of esters is 2. The summed E-state index contributed by atoms with van der Waals surface area (Å²) in [6.45, 7) is 4.29. The van der Waals surface area contributed by atoms with Crippen LogP contribution < -0.4 is 10.2 Å². The van der Waals surface area contributed by atoms with Gasteiger partial charge in [0.25, 0.3) is 0 Å². The average Bonchev–Trinajstić information content (AvgIpc) is 2.55. The number of carbonyl (C=O) groups excluding carboxylic acids is 4. The van der Waals surface area contributed by atoms with Crippen LogP contribution >= 0.6 is 0 Å². The third kappa shape index (κ3) is 34.5. The van der Waals surface area contributed by atoms with Crippen molar-refractivity contribution >= 4 is 45.0 Å². The van der Waals surface area contributed by atoms with Crippen molar-refractivity contribution in [2.75, 3.05) is 13.2 Å². The zero-order valence-corrected chi connectivity index (χ0v) is 17.8. The fourth-order valence-corrected chi connectivity index (χ4v) is 0.774. The Labute approximate surface area is 158 Å². The van der Waals surface area contributed by atoms with Gasteiger partial charge in [-0.2, -0.15) is 0 Å². The number of carboxylic acids is 2. The van der Waals surface area contributed by atoms with Crippen molar-refractivity contribution in [3.05, 3.63) is 24.3 Å². The van der Waals surface area contributed by atoms with Gasteiger partial charge in [0, 0.05) is 12.2 Å². The predicted octanol–water partition coefficient (Wildman–Crippen LogP) is -0.722. The van der Waals surface area contributed by atoms with Gasteiger partial charge in [0.15, 0.2) is 0 Å². The molecule has 0 aromatic heterocycles. The summed E-state index contributed by atoms with van der Waals surface area (Å²) in [5, 5.41) is 19.5.